The molecule has 0 spiro atoms. The highest BCUT2D eigenvalue weighted by atomic mass is 16.1. The van der Waals surface area contributed by atoms with Crippen LogP contribution in [-0.4, -0.2) is 5.78 Å². The van der Waals surface area contributed by atoms with Crippen molar-refractivity contribution in [1.82, 2.24) is 0 Å². The van der Waals surface area contributed by atoms with Crippen LogP contribution in [0.25, 0.3) is 0 Å². The van der Waals surface area contributed by atoms with Crippen molar-refractivity contribution < 1.29 is 4.79 Å². The first-order valence-corrected chi connectivity index (χ1v) is 6.30. The molecule has 0 radical (unpaired) electrons. The molecule has 1 heteroatoms. The molecule has 1 aromatic rings. The summed E-state index contributed by atoms with van der Waals surface area (Å²) in [5.41, 5.74) is 3.53. The highest BCUT2D eigenvalue weighted by Gasteiger charge is 2.12. The predicted molar refractivity (Wildman–Crippen MR) is 70.0 cm³/mol. The van der Waals surface area contributed by atoms with Crippen molar-refractivity contribution in [2.24, 2.45) is 5.92 Å². The van der Waals surface area contributed by atoms with E-state index in [-0.39, 0.29) is 11.7 Å². The fourth-order valence-electron chi connectivity index (χ4n) is 2.16. The molecule has 0 aromatic heterocycles. The van der Waals surface area contributed by atoms with E-state index >= 15 is 0 Å². The van der Waals surface area contributed by atoms with Gasteiger partial charge in [0.25, 0.3) is 0 Å². The van der Waals surface area contributed by atoms with Crippen molar-refractivity contribution in [2.45, 2.75) is 39.5 Å². The third-order valence-electron chi connectivity index (χ3n) is 3.18. The minimum absolute atomic E-state index is 0.0707. The lowest BCUT2D eigenvalue weighted by molar-refractivity contribution is 0.0939. The zero-order chi connectivity index (χ0) is 12.3. The van der Waals surface area contributed by atoms with Crippen LogP contribution in [0.4, 0.5) is 0 Å². The molecule has 0 heterocycles. The van der Waals surface area contributed by atoms with Crippen LogP contribution < -0.4 is 0 Å². The molecule has 0 N–H and O–H groups in total. The average Bonchev–Trinajstić information content (AvgIpc) is 2.28. The Labute approximate surface area is 103 Å². The number of carbonyl (C=O) groups excluding carboxylic acids is 1. The van der Waals surface area contributed by atoms with Crippen LogP contribution in [0.3, 0.4) is 0 Å². The summed E-state index contributed by atoms with van der Waals surface area (Å²) in [5, 5.41) is 0. The second kappa shape index (κ2) is 5.19. The van der Waals surface area contributed by atoms with Gasteiger partial charge in [0.1, 0.15) is 0 Å². The van der Waals surface area contributed by atoms with Crippen LogP contribution >= 0.6 is 0 Å². The molecule has 88 valence electrons. The molecular formula is C16H18O. The maximum absolute atomic E-state index is 12.0. The Hall–Kier alpha value is -1.55. The molecule has 1 aliphatic carbocycles. The van der Waals surface area contributed by atoms with E-state index in [1.54, 1.807) is 0 Å². The minimum Gasteiger partial charge on any atom is -0.294 e. The Balaban J connectivity index is 2.31. The number of benzene rings is 1. The zero-order valence-electron chi connectivity index (χ0n) is 10.5. The third kappa shape index (κ3) is 2.77. The number of rotatable bonds is 2. The number of hydrogen-bond donors (Lipinski definition) is 0. The fourth-order valence-corrected chi connectivity index (χ4v) is 2.16. The molecule has 0 atom stereocenters. The summed E-state index contributed by atoms with van der Waals surface area (Å²) in [6.07, 6.45) is 3.83. The van der Waals surface area contributed by atoms with Gasteiger partial charge in [0.15, 0.2) is 5.78 Å². The van der Waals surface area contributed by atoms with Crippen molar-refractivity contribution in [3.05, 3.63) is 34.9 Å². The van der Waals surface area contributed by atoms with E-state index in [4.69, 9.17) is 0 Å². The Morgan fingerprint density at radius 3 is 2.41 bits per heavy atom. The lowest BCUT2D eigenvalue weighted by atomic mass is 9.92. The summed E-state index contributed by atoms with van der Waals surface area (Å²) in [7, 11) is 0. The van der Waals surface area contributed by atoms with Crippen LogP contribution in [0.5, 0.6) is 0 Å². The van der Waals surface area contributed by atoms with Crippen LogP contribution in [0.2, 0.25) is 0 Å². The first-order chi connectivity index (χ1) is 8.18. The Morgan fingerprint density at radius 2 is 1.76 bits per heavy atom. The van der Waals surface area contributed by atoms with Gasteiger partial charge in [-0.3, -0.25) is 4.79 Å². The SMILES string of the molecule is CC(C)C(=O)c1ccc2c(c1)CCC#CCC2. The van der Waals surface area contributed by atoms with E-state index in [1.807, 2.05) is 19.9 Å². The average molecular weight is 226 g/mol. The summed E-state index contributed by atoms with van der Waals surface area (Å²) in [6, 6.07) is 6.15. The van der Waals surface area contributed by atoms with E-state index in [0.29, 0.717) is 0 Å². The summed E-state index contributed by atoms with van der Waals surface area (Å²) < 4.78 is 0. The first kappa shape index (κ1) is 11.9. The lowest BCUT2D eigenvalue weighted by Crippen LogP contribution is -2.09. The minimum atomic E-state index is 0.0707. The predicted octanol–water partition coefficient (Wildman–Crippen LogP) is 3.41. The Bertz CT molecular complexity index is 486. The van der Waals surface area contributed by atoms with Gasteiger partial charge >= 0.3 is 0 Å². The van der Waals surface area contributed by atoms with Gasteiger partial charge in [0.05, 0.1) is 0 Å². The third-order valence-corrected chi connectivity index (χ3v) is 3.18. The standard InChI is InChI=1S/C16H18O/c1-12(2)16(17)15-10-9-13-7-5-3-4-6-8-14(13)11-15/h9-12H,5-8H2,1-2H3. The number of hydrogen-bond acceptors (Lipinski definition) is 1. The van der Waals surface area contributed by atoms with Gasteiger partial charge in [0, 0.05) is 24.3 Å². The molecule has 0 bridgehead atoms. The molecule has 0 saturated carbocycles. The highest BCUT2D eigenvalue weighted by Crippen LogP contribution is 2.19. The van der Waals surface area contributed by atoms with Crippen molar-refractivity contribution in [1.29, 1.82) is 0 Å². The van der Waals surface area contributed by atoms with E-state index in [9.17, 15) is 4.79 Å². The number of carbonyl (C=O) groups is 1. The first-order valence-electron chi connectivity index (χ1n) is 6.30. The molecule has 0 amide bonds. The van der Waals surface area contributed by atoms with Crippen molar-refractivity contribution in [2.75, 3.05) is 0 Å². The van der Waals surface area contributed by atoms with Gasteiger partial charge in [-0.05, 0) is 30.0 Å². The number of Topliss-reactive ketones (excluding diaryl/α,β-unsaturated/α-hetero) is 1. The van der Waals surface area contributed by atoms with E-state index in [1.165, 1.54) is 11.1 Å². The maximum Gasteiger partial charge on any atom is 0.165 e. The largest absolute Gasteiger partial charge is 0.294 e. The molecule has 0 saturated heterocycles. The van der Waals surface area contributed by atoms with Crippen LogP contribution in [0, 0.1) is 17.8 Å². The van der Waals surface area contributed by atoms with Crippen molar-refractivity contribution in [3.63, 3.8) is 0 Å². The molecule has 1 aromatic carbocycles. The second-order valence-corrected chi connectivity index (χ2v) is 4.86. The topological polar surface area (TPSA) is 17.1 Å². The second-order valence-electron chi connectivity index (χ2n) is 4.86. The van der Waals surface area contributed by atoms with Gasteiger partial charge in [-0.1, -0.05) is 26.0 Å². The summed E-state index contributed by atoms with van der Waals surface area (Å²) in [4.78, 5) is 12.0. The maximum atomic E-state index is 12.0. The van der Waals surface area contributed by atoms with Gasteiger partial charge in [-0.2, -0.15) is 0 Å². The molecule has 0 aliphatic heterocycles. The normalized spacial score (nSPS) is 14.3. The zero-order valence-corrected chi connectivity index (χ0v) is 10.5. The molecule has 2 rings (SSSR count). The smallest absolute Gasteiger partial charge is 0.165 e. The van der Waals surface area contributed by atoms with Gasteiger partial charge in [-0.25, -0.2) is 0 Å². The molecule has 17 heavy (non-hydrogen) atoms. The summed E-state index contributed by atoms with van der Waals surface area (Å²) in [6.45, 7) is 3.90. The number of fused-ring (bicyclic) bond motifs is 1. The van der Waals surface area contributed by atoms with E-state index in [0.717, 1.165) is 31.2 Å². The molecule has 1 nitrogen and oxygen atoms in total. The van der Waals surface area contributed by atoms with Gasteiger partial charge in [-0.15, -0.1) is 11.8 Å². The van der Waals surface area contributed by atoms with Crippen LogP contribution in [-0.2, 0) is 12.8 Å². The summed E-state index contributed by atoms with van der Waals surface area (Å²) >= 11 is 0. The monoisotopic (exact) mass is 226 g/mol. The Morgan fingerprint density at radius 1 is 1.12 bits per heavy atom. The van der Waals surface area contributed by atoms with Gasteiger partial charge in [0.2, 0.25) is 0 Å². The fraction of sp³-hybridized carbons (Fsp3) is 0.438. The molecule has 0 fully saturated rings. The highest BCUT2D eigenvalue weighted by molar-refractivity contribution is 5.97. The molecule has 0 unspecified atom stereocenters. The van der Waals surface area contributed by atoms with Crippen LogP contribution in [0.1, 0.15) is 48.2 Å². The van der Waals surface area contributed by atoms with Crippen molar-refractivity contribution >= 4 is 5.78 Å². The van der Waals surface area contributed by atoms with E-state index < -0.39 is 0 Å². The Kier molecular flexibility index (Phi) is 3.64. The van der Waals surface area contributed by atoms with Gasteiger partial charge < -0.3 is 0 Å². The lowest BCUT2D eigenvalue weighted by Gasteiger charge is -2.12. The van der Waals surface area contributed by atoms with Crippen molar-refractivity contribution in [3.8, 4) is 11.8 Å². The number of aryl methyl sites for hydroxylation is 2. The molecule has 1 aliphatic rings. The molecular weight excluding hydrogens is 208 g/mol. The van der Waals surface area contributed by atoms with E-state index in [2.05, 4.69) is 24.0 Å². The quantitative estimate of drug-likeness (QED) is 0.558. The number of ketones is 1. The van der Waals surface area contributed by atoms with Crippen LogP contribution in [0.15, 0.2) is 18.2 Å². The summed E-state index contributed by atoms with van der Waals surface area (Å²) in [5.74, 6) is 6.64.